The fraction of sp³-hybridized carbons (Fsp3) is 0.182. The van der Waals surface area contributed by atoms with Crippen molar-refractivity contribution in [3.8, 4) is 12.1 Å². The van der Waals surface area contributed by atoms with Gasteiger partial charge >= 0.3 is 5.97 Å². The molecule has 0 N–H and O–H groups in total. The summed E-state index contributed by atoms with van der Waals surface area (Å²) < 4.78 is 5.21. The number of nitriles is 2. The van der Waals surface area contributed by atoms with Crippen LogP contribution in [0.2, 0.25) is 0 Å². The molecule has 0 amide bonds. The van der Waals surface area contributed by atoms with Gasteiger partial charge in [0.25, 0.3) is 0 Å². The Labute approximate surface area is 101 Å². The molecule has 16 heavy (non-hydrogen) atoms. The molecular weight excluding hydrogens is 272 g/mol. The second-order valence-electron chi connectivity index (χ2n) is 2.93. The zero-order valence-electron chi connectivity index (χ0n) is 8.40. The van der Waals surface area contributed by atoms with Crippen molar-refractivity contribution in [2.24, 2.45) is 0 Å². The maximum Gasteiger partial charge on any atom is 0.327 e. The maximum absolute atomic E-state index is 11.4. The van der Waals surface area contributed by atoms with Crippen LogP contribution >= 0.6 is 15.9 Å². The highest BCUT2D eigenvalue weighted by atomic mass is 79.9. The summed E-state index contributed by atoms with van der Waals surface area (Å²) in [5.41, 5.74) is 0.645. The standard InChI is InChI=1S/C11H7BrN2O2/c1-16-11(15)10(6-14)9-4-8(12)3-2-7(9)5-13/h2-4,10H,1H3/t10-/m0/s1. The summed E-state index contributed by atoms with van der Waals surface area (Å²) in [5.74, 6) is -1.74. The van der Waals surface area contributed by atoms with Gasteiger partial charge in [-0.3, -0.25) is 4.79 Å². The van der Waals surface area contributed by atoms with Crippen molar-refractivity contribution in [1.82, 2.24) is 0 Å². The maximum atomic E-state index is 11.4. The number of benzene rings is 1. The molecule has 0 bridgehead atoms. The first kappa shape index (κ1) is 12.2. The number of carbonyl (C=O) groups excluding carboxylic acids is 1. The number of methoxy groups -OCH3 is 1. The zero-order chi connectivity index (χ0) is 12.1. The van der Waals surface area contributed by atoms with Crippen LogP contribution in [-0.4, -0.2) is 13.1 Å². The Morgan fingerprint density at radius 3 is 2.69 bits per heavy atom. The predicted octanol–water partition coefficient (Wildman–Crippen LogP) is 2.10. The quantitative estimate of drug-likeness (QED) is 0.777. The molecule has 0 fully saturated rings. The highest BCUT2D eigenvalue weighted by Gasteiger charge is 2.24. The molecule has 80 valence electrons. The lowest BCUT2D eigenvalue weighted by molar-refractivity contribution is -0.141. The fourth-order valence-electron chi connectivity index (χ4n) is 1.24. The minimum absolute atomic E-state index is 0.292. The molecule has 1 aromatic rings. The Kier molecular flexibility index (Phi) is 4.04. The van der Waals surface area contributed by atoms with Gasteiger partial charge in [-0.1, -0.05) is 15.9 Å². The van der Waals surface area contributed by atoms with E-state index in [4.69, 9.17) is 10.5 Å². The van der Waals surface area contributed by atoms with E-state index in [1.807, 2.05) is 12.1 Å². The van der Waals surface area contributed by atoms with E-state index < -0.39 is 11.9 Å². The summed E-state index contributed by atoms with van der Waals surface area (Å²) in [4.78, 5) is 11.4. The molecule has 0 saturated carbocycles. The van der Waals surface area contributed by atoms with Crippen LogP contribution in [0, 0.1) is 22.7 Å². The van der Waals surface area contributed by atoms with Gasteiger partial charge < -0.3 is 4.74 Å². The largest absolute Gasteiger partial charge is 0.468 e. The van der Waals surface area contributed by atoms with E-state index in [1.54, 1.807) is 18.2 Å². The summed E-state index contributed by atoms with van der Waals surface area (Å²) in [6.07, 6.45) is 0. The Morgan fingerprint density at radius 1 is 1.50 bits per heavy atom. The summed E-state index contributed by atoms with van der Waals surface area (Å²) in [5, 5.41) is 17.8. The number of rotatable bonds is 2. The lowest BCUT2D eigenvalue weighted by Gasteiger charge is -2.09. The second kappa shape index (κ2) is 5.29. The normalized spacial score (nSPS) is 11.0. The summed E-state index contributed by atoms with van der Waals surface area (Å²) in [7, 11) is 1.21. The van der Waals surface area contributed by atoms with Gasteiger partial charge in [0.05, 0.1) is 24.8 Å². The molecule has 1 atom stereocenters. The van der Waals surface area contributed by atoms with Gasteiger partial charge in [-0.2, -0.15) is 10.5 Å². The molecule has 1 aromatic carbocycles. The Bertz CT molecular complexity index is 500. The highest BCUT2D eigenvalue weighted by molar-refractivity contribution is 9.10. The smallest absolute Gasteiger partial charge is 0.327 e. The second-order valence-corrected chi connectivity index (χ2v) is 3.84. The van der Waals surface area contributed by atoms with Gasteiger partial charge in [-0.15, -0.1) is 0 Å². The van der Waals surface area contributed by atoms with Crippen LogP contribution in [0.3, 0.4) is 0 Å². The Hall–Kier alpha value is -1.85. The fourth-order valence-corrected chi connectivity index (χ4v) is 1.62. The average Bonchev–Trinajstić information content (AvgIpc) is 2.30. The van der Waals surface area contributed by atoms with E-state index in [1.165, 1.54) is 7.11 Å². The van der Waals surface area contributed by atoms with Gasteiger partial charge in [-0.25, -0.2) is 0 Å². The van der Waals surface area contributed by atoms with Crippen LogP contribution in [0.15, 0.2) is 22.7 Å². The molecule has 0 radical (unpaired) electrons. The third-order valence-corrected chi connectivity index (χ3v) is 2.50. The molecule has 4 nitrogen and oxygen atoms in total. The molecule has 0 aliphatic rings. The highest BCUT2D eigenvalue weighted by Crippen LogP contribution is 2.24. The van der Waals surface area contributed by atoms with Crippen molar-refractivity contribution in [1.29, 1.82) is 10.5 Å². The summed E-state index contributed by atoms with van der Waals surface area (Å²) in [6, 6.07) is 8.56. The Morgan fingerprint density at radius 2 is 2.19 bits per heavy atom. The SMILES string of the molecule is COC(=O)[C@@H](C#N)c1cc(Br)ccc1C#N. The number of hydrogen-bond donors (Lipinski definition) is 0. The van der Waals surface area contributed by atoms with Crippen molar-refractivity contribution in [3.63, 3.8) is 0 Å². The van der Waals surface area contributed by atoms with E-state index in [9.17, 15) is 4.79 Å². The van der Waals surface area contributed by atoms with E-state index in [-0.39, 0.29) is 0 Å². The summed E-state index contributed by atoms with van der Waals surface area (Å²) >= 11 is 3.22. The van der Waals surface area contributed by atoms with E-state index >= 15 is 0 Å². The monoisotopic (exact) mass is 278 g/mol. The lowest BCUT2D eigenvalue weighted by Crippen LogP contribution is -2.13. The van der Waals surface area contributed by atoms with Crippen molar-refractivity contribution < 1.29 is 9.53 Å². The lowest BCUT2D eigenvalue weighted by atomic mass is 9.96. The van der Waals surface area contributed by atoms with Crippen molar-refractivity contribution in [2.75, 3.05) is 7.11 Å². The van der Waals surface area contributed by atoms with Crippen LogP contribution in [0.5, 0.6) is 0 Å². The van der Waals surface area contributed by atoms with E-state index in [0.717, 1.165) is 0 Å². The number of esters is 1. The van der Waals surface area contributed by atoms with Crippen molar-refractivity contribution >= 4 is 21.9 Å². The zero-order valence-corrected chi connectivity index (χ0v) is 9.98. The summed E-state index contributed by atoms with van der Waals surface area (Å²) in [6.45, 7) is 0. The van der Waals surface area contributed by atoms with Crippen LogP contribution in [0.1, 0.15) is 17.0 Å². The molecule has 0 spiro atoms. The predicted molar refractivity (Wildman–Crippen MR) is 59.2 cm³/mol. The molecule has 0 aliphatic heterocycles. The number of ether oxygens (including phenoxy) is 1. The molecule has 1 rings (SSSR count). The average molecular weight is 279 g/mol. The van der Waals surface area contributed by atoms with Gasteiger partial charge in [0.2, 0.25) is 0 Å². The Balaban J connectivity index is 3.31. The topological polar surface area (TPSA) is 73.9 Å². The van der Waals surface area contributed by atoms with E-state index in [2.05, 4.69) is 20.7 Å². The third-order valence-electron chi connectivity index (χ3n) is 2.01. The third kappa shape index (κ3) is 2.39. The number of carbonyl (C=O) groups is 1. The van der Waals surface area contributed by atoms with Gasteiger partial charge in [0, 0.05) is 4.47 Å². The minimum Gasteiger partial charge on any atom is -0.468 e. The number of halogens is 1. The number of hydrogen-bond acceptors (Lipinski definition) is 4. The molecule has 0 aromatic heterocycles. The molecule has 0 unspecified atom stereocenters. The first-order valence-electron chi connectivity index (χ1n) is 4.31. The van der Waals surface area contributed by atoms with E-state index in [0.29, 0.717) is 15.6 Å². The van der Waals surface area contributed by atoms with Gasteiger partial charge in [0.1, 0.15) is 0 Å². The number of nitrogens with zero attached hydrogens (tertiary/aromatic N) is 2. The van der Waals surface area contributed by atoms with Crippen LogP contribution in [-0.2, 0) is 9.53 Å². The molecule has 5 heteroatoms. The molecule has 0 saturated heterocycles. The molecule has 0 heterocycles. The van der Waals surface area contributed by atoms with Crippen molar-refractivity contribution in [2.45, 2.75) is 5.92 Å². The molecule has 0 aliphatic carbocycles. The van der Waals surface area contributed by atoms with Crippen LogP contribution in [0.25, 0.3) is 0 Å². The first-order chi connectivity index (χ1) is 7.63. The minimum atomic E-state index is -1.07. The van der Waals surface area contributed by atoms with Crippen molar-refractivity contribution in [3.05, 3.63) is 33.8 Å². The van der Waals surface area contributed by atoms with Crippen LogP contribution < -0.4 is 0 Å². The molecular formula is C11H7BrN2O2. The first-order valence-corrected chi connectivity index (χ1v) is 5.10. The van der Waals surface area contributed by atoms with Crippen LogP contribution in [0.4, 0.5) is 0 Å². The van der Waals surface area contributed by atoms with Gasteiger partial charge in [0.15, 0.2) is 5.92 Å². The van der Waals surface area contributed by atoms with Gasteiger partial charge in [-0.05, 0) is 23.8 Å².